The zero-order chi connectivity index (χ0) is 14.4. The van der Waals surface area contributed by atoms with Gasteiger partial charge in [-0.1, -0.05) is 32.1 Å². The van der Waals surface area contributed by atoms with Gasteiger partial charge in [0.05, 0.1) is 18.1 Å². The molecule has 1 aliphatic rings. The molecule has 1 aliphatic carbocycles. The number of nitro benzene ring substituents is 1. The van der Waals surface area contributed by atoms with Crippen LogP contribution in [0.4, 0.5) is 11.4 Å². The maximum Gasteiger partial charge on any atom is 0.296 e. The van der Waals surface area contributed by atoms with Gasteiger partial charge in [0.1, 0.15) is 11.4 Å². The molecule has 1 aromatic carbocycles. The summed E-state index contributed by atoms with van der Waals surface area (Å²) in [4.78, 5) is 10.8. The molecule has 5 heteroatoms. The Labute approximate surface area is 119 Å². The highest BCUT2D eigenvalue weighted by molar-refractivity contribution is 5.64. The summed E-state index contributed by atoms with van der Waals surface area (Å²) in [5.41, 5.74) is 0.688. The molecule has 0 heterocycles. The van der Waals surface area contributed by atoms with Crippen molar-refractivity contribution in [3.05, 3.63) is 28.3 Å². The maximum absolute atomic E-state index is 11.2. The molecule has 0 saturated heterocycles. The van der Waals surface area contributed by atoms with Gasteiger partial charge in [0.15, 0.2) is 0 Å². The highest BCUT2D eigenvalue weighted by atomic mass is 16.6. The third-order valence-corrected chi connectivity index (χ3v) is 3.87. The Morgan fingerprint density at radius 1 is 1.20 bits per heavy atom. The Kier molecular flexibility index (Phi) is 5.21. The van der Waals surface area contributed by atoms with Gasteiger partial charge >= 0.3 is 0 Å². The van der Waals surface area contributed by atoms with Crippen molar-refractivity contribution >= 4 is 11.4 Å². The molecule has 110 valence electrons. The van der Waals surface area contributed by atoms with E-state index in [1.165, 1.54) is 45.3 Å². The SMILES string of the molecule is COc1ccc(NC2CCCCCCC2)c([N+](=O)[O-])c1. The number of nitro groups is 1. The molecule has 0 bridgehead atoms. The first-order valence-corrected chi connectivity index (χ1v) is 7.29. The second kappa shape index (κ2) is 7.12. The van der Waals surface area contributed by atoms with E-state index < -0.39 is 0 Å². The van der Waals surface area contributed by atoms with Gasteiger partial charge in [-0.3, -0.25) is 10.1 Å². The fourth-order valence-electron chi connectivity index (χ4n) is 2.73. The third kappa shape index (κ3) is 3.85. The summed E-state index contributed by atoms with van der Waals surface area (Å²) in [6.07, 6.45) is 8.41. The molecule has 0 amide bonds. The molecule has 0 atom stereocenters. The topological polar surface area (TPSA) is 64.4 Å². The van der Waals surface area contributed by atoms with E-state index in [0.717, 1.165) is 12.8 Å². The number of hydrogen-bond acceptors (Lipinski definition) is 4. The van der Waals surface area contributed by atoms with Gasteiger partial charge in [-0.25, -0.2) is 0 Å². The molecule has 2 rings (SSSR count). The van der Waals surface area contributed by atoms with E-state index >= 15 is 0 Å². The minimum Gasteiger partial charge on any atom is -0.496 e. The average Bonchev–Trinajstić information content (AvgIpc) is 2.41. The van der Waals surface area contributed by atoms with Gasteiger partial charge < -0.3 is 10.1 Å². The van der Waals surface area contributed by atoms with Crippen LogP contribution in [0.1, 0.15) is 44.9 Å². The fraction of sp³-hybridized carbons (Fsp3) is 0.600. The molecular weight excluding hydrogens is 256 g/mol. The van der Waals surface area contributed by atoms with Crippen LogP contribution in [0.5, 0.6) is 5.75 Å². The maximum atomic E-state index is 11.2. The van der Waals surface area contributed by atoms with Crippen LogP contribution >= 0.6 is 0 Å². The van der Waals surface area contributed by atoms with Crippen molar-refractivity contribution < 1.29 is 9.66 Å². The van der Waals surface area contributed by atoms with Crippen LogP contribution in [0.15, 0.2) is 18.2 Å². The summed E-state index contributed by atoms with van der Waals surface area (Å²) in [5.74, 6) is 0.514. The van der Waals surface area contributed by atoms with Gasteiger partial charge in [0.2, 0.25) is 0 Å². The third-order valence-electron chi connectivity index (χ3n) is 3.87. The monoisotopic (exact) mass is 278 g/mol. The van der Waals surface area contributed by atoms with Crippen LogP contribution < -0.4 is 10.1 Å². The summed E-state index contributed by atoms with van der Waals surface area (Å²) in [7, 11) is 1.51. The Hall–Kier alpha value is -1.78. The molecule has 5 nitrogen and oxygen atoms in total. The number of nitrogens with one attached hydrogen (secondary N) is 1. The number of methoxy groups -OCH3 is 1. The van der Waals surface area contributed by atoms with Crippen LogP contribution in [-0.2, 0) is 0 Å². The quantitative estimate of drug-likeness (QED) is 0.664. The van der Waals surface area contributed by atoms with Crippen LogP contribution in [0, 0.1) is 10.1 Å². The van der Waals surface area contributed by atoms with Crippen molar-refractivity contribution in [1.82, 2.24) is 0 Å². The molecule has 20 heavy (non-hydrogen) atoms. The van der Waals surface area contributed by atoms with E-state index in [1.54, 1.807) is 12.1 Å². The number of anilines is 1. The average molecular weight is 278 g/mol. The van der Waals surface area contributed by atoms with E-state index in [0.29, 0.717) is 17.5 Å². The number of nitrogens with zero attached hydrogens (tertiary/aromatic N) is 1. The first kappa shape index (κ1) is 14.6. The number of hydrogen-bond donors (Lipinski definition) is 1. The van der Waals surface area contributed by atoms with Crippen molar-refractivity contribution in [2.75, 3.05) is 12.4 Å². The van der Waals surface area contributed by atoms with Gasteiger partial charge in [0.25, 0.3) is 5.69 Å². The normalized spacial score (nSPS) is 17.1. The number of benzene rings is 1. The molecule has 1 aromatic rings. The summed E-state index contributed by atoms with van der Waals surface area (Å²) in [6, 6.07) is 5.32. The highest BCUT2D eigenvalue weighted by Gasteiger charge is 2.18. The predicted molar refractivity (Wildman–Crippen MR) is 79.4 cm³/mol. The van der Waals surface area contributed by atoms with E-state index in [4.69, 9.17) is 4.74 Å². The Balaban J connectivity index is 2.12. The largest absolute Gasteiger partial charge is 0.496 e. The van der Waals surface area contributed by atoms with Crippen molar-refractivity contribution in [1.29, 1.82) is 0 Å². The lowest BCUT2D eigenvalue weighted by atomic mass is 9.96. The van der Waals surface area contributed by atoms with E-state index in [-0.39, 0.29) is 10.6 Å². The standard InChI is InChI=1S/C15H22N2O3/c1-20-13-9-10-14(15(11-13)17(18)19)16-12-7-5-3-2-4-6-8-12/h9-12,16H,2-8H2,1H3. The van der Waals surface area contributed by atoms with Gasteiger partial charge in [-0.05, 0) is 25.0 Å². The molecule has 1 N–H and O–H groups in total. The lowest BCUT2D eigenvalue weighted by Gasteiger charge is -2.22. The zero-order valence-corrected chi connectivity index (χ0v) is 11.9. The smallest absolute Gasteiger partial charge is 0.296 e. The van der Waals surface area contributed by atoms with Crippen molar-refractivity contribution in [2.45, 2.75) is 51.0 Å². The second-order valence-corrected chi connectivity index (χ2v) is 5.33. The van der Waals surface area contributed by atoms with Gasteiger partial charge in [0, 0.05) is 6.04 Å². The zero-order valence-electron chi connectivity index (χ0n) is 11.9. The minimum atomic E-state index is -0.353. The highest BCUT2D eigenvalue weighted by Crippen LogP contribution is 2.31. The molecular formula is C15H22N2O3. The summed E-state index contributed by atoms with van der Waals surface area (Å²) in [6.45, 7) is 0. The van der Waals surface area contributed by atoms with E-state index in [1.807, 2.05) is 0 Å². The van der Waals surface area contributed by atoms with E-state index in [2.05, 4.69) is 5.32 Å². The number of rotatable bonds is 4. The van der Waals surface area contributed by atoms with E-state index in [9.17, 15) is 10.1 Å². The van der Waals surface area contributed by atoms with Crippen LogP contribution in [0.3, 0.4) is 0 Å². The molecule has 1 saturated carbocycles. The Morgan fingerprint density at radius 3 is 2.45 bits per heavy atom. The summed E-state index contributed by atoms with van der Waals surface area (Å²) >= 11 is 0. The first-order chi connectivity index (χ1) is 9.70. The lowest BCUT2D eigenvalue weighted by molar-refractivity contribution is -0.384. The van der Waals surface area contributed by atoms with Crippen molar-refractivity contribution in [3.8, 4) is 5.75 Å². The Morgan fingerprint density at radius 2 is 1.85 bits per heavy atom. The van der Waals surface area contributed by atoms with Gasteiger partial charge in [-0.15, -0.1) is 0 Å². The molecule has 0 aromatic heterocycles. The van der Waals surface area contributed by atoms with Crippen LogP contribution in [-0.4, -0.2) is 18.1 Å². The fourth-order valence-corrected chi connectivity index (χ4v) is 2.73. The first-order valence-electron chi connectivity index (χ1n) is 7.29. The molecule has 0 aliphatic heterocycles. The second-order valence-electron chi connectivity index (χ2n) is 5.33. The van der Waals surface area contributed by atoms with Crippen molar-refractivity contribution in [2.24, 2.45) is 0 Å². The summed E-state index contributed by atoms with van der Waals surface area (Å²) < 4.78 is 5.05. The van der Waals surface area contributed by atoms with Crippen LogP contribution in [0.2, 0.25) is 0 Å². The summed E-state index contributed by atoms with van der Waals surface area (Å²) in [5, 5.41) is 14.5. The van der Waals surface area contributed by atoms with Crippen molar-refractivity contribution in [3.63, 3.8) is 0 Å². The molecule has 1 fully saturated rings. The molecule has 0 radical (unpaired) electrons. The molecule has 0 unspecified atom stereocenters. The number of ether oxygens (including phenoxy) is 1. The molecule has 0 spiro atoms. The lowest BCUT2D eigenvalue weighted by Crippen LogP contribution is -2.21. The van der Waals surface area contributed by atoms with Crippen LogP contribution in [0.25, 0.3) is 0 Å². The van der Waals surface area contributed by atoms with Gasteiger partial charge in [-0.2, -0.15) is 0 Å². The Bertz CT molecular complexity index is 454. The minimum absolute atomic E-state index is 0.0893. The predicted octanol–water partition coefficient (Wildman–Crippen LogP) is 4.13.